The molecule has 0 unspecified atom stereocenters. The Kier molecular flexibility index (Phi) is 4.93. The monoisotopic (exact) mass is 353 g/mol. The van der Waals surface area contributed by atoms with Gasteiger partial charge in [0, 0.05) is 10.9 Å². The van der Waals surface area contributed by atoms with Gasteiger partial charge in [0.2, 0.25) is 0 Å². The zero-order chi connectivity index (χ0) is 18.7. The molecule has 1 aromatic heterocycles. The summed E-state index contributed by atoms with van der Waals surface area (Å²) >= 11 is 0. The van der Waals surface area contributed by atoms with Gasteiger partial charge in [-0.3, -0.25) is 4.79 Å². The predicted molar refractivity (Wildman–Crippen MR) is 97.9 cm³/mol. The van der Waals surface area contributed by atoms with E-state index in [1.165, 1.54) is 6.07 Å². The van der Waals surface area contributed by atoms with Crippen molar-refractivity contribution < 1.29 is 18.7 Å². The summed E-state index contributed by atoms with van der Waals surface area (Å²) in [4.78, 5) is 24.7. The van der Waals surface area contributed by atoms with Crippen LogP contribution in [0.15, 0.2) is 57.7 Å². The van der Waals surface area contributed by atoms with Gasteiger partial charge in [0.1, 0.15) is 22.6 Å². The van der Waals surface area contributed by atoms with Gasteiger partial charge in [-0.25, -0.2) is 4.79 Å². The second-order valence-electron chi connectivity index (χ2n) is 5.79. The standard InChI is InChI=1S/C20H19NO5/c1-12(15-11-14(24-2)8-9-18(15)25-3)21-19(22)16-10-13-6-4-5-7-17(13)26-20(16)23/h4-12H,1-3H3,(H,21,22)/t12-/m1/s1. The first-order valence-electron chi connectivity index (χ1n) is 8.09. The summed E-state index contributed by atoms with van der Waals surface area (Å²) in [6.45, 7) is 1.80. The highest BCUT2D eigenvalue weighted by atomic mass is 16.5. The molecular formula is C20H19NO5. The molecule has 1 N–H and O–H groups in total. The molecule has 1 heterocycles. The molecule has 134 valence electrons. The van der Waals surface area contributed by atoms with Crippen LogP contribution in [-0.2, 0) is 0 Å². The Morgan fingerprint density at radius 1 is 1.08 bits per heavy atom. The third kappa shape index (κ3) is 3.39. The number of amides is 1. The van der Waals surface area contributed by atoms with E-state index in [9.17, 15) is 9.59 Å². The fraction of sp³-hybridized carbons (Fsp3) is 0.200. The van der Waals surface area contributed by atoms with Crippen molar-refractivity contribution in [3.63, 3.8) is 0 Å². The molecule has 0 fully saturated rings. The van der Waals surface area contributed by atoms with Gasteiger partial charge in [0.05, 0.1) is 20.3 Å². The van der Waals surface area contributed by atoms with Gasteiger partial charge in [0.25, 0.3) is 5.91 Å². The van der Waals surface area contributed by atoms with Gasteiger partial charge in [-0.05, 0) is 37.3 Å². The van der Waals surface area contributed by atoms with E-state index in [1.807, 2.05) is 6.07 Å². The van der Waals surface area contributed by atoms with Crippen molar-refractivity contribution in [2.24, 2.45) is 0 Å². The van der Waals surface area contributed by atoms with Crippen molar-refractivity contribution in [2.75, 3.05) is 14.2 Å². The van der Waals surface area contributed by atoms with Crippen molar-refractivity contribution in [2.45, 2.75) is 13.0 Å². The molecule has 6 nitrogen and oxygen atoms in total. The molecule has 0 saturated carbocycles. The number of hydrogen-bond donors (Lipinski definition) is 1. The molecule has 0 spiro atoms. The Balaban J connectivity index is 1.90. The predicted octanol–water partition coefficient (Wildman–Crippen LogP) is 3.30. The van der Waals surface area contributed by atoms with Crippen molar-refractivity contribution in [1.82, 2.24) is 5.32 Å². The lowest BCUT2D eigenvalue weighted by Crippen LogP contribution is -2.30. The highest BCUT2D eigenvalue weighted by Gasteiger charge is 2.19. The number of nitrogens with one attached hydrogen (secondary N) is 1. The number of fused-ring (bicyclic) bond motifs is 1. The highest BCUT2D eigenvalue weighted by molar-refractivity contribution is 5.96. The third-order valence-electron chi connectivity index (χ3n) is 4.14. The first-order valence-corrected chi connectivity index (χ1v) is 8.09. The van der Waals surface area contributed by atoms with Gasteiger partial charge < -0.3 is 19.2 Å². The number of ether oxygens (including phenoxy) is 2. The number of methoxy groups -OCH3 is 2. The van der Waals surface area contributed by atoms with E-state index < -0.39 is 17.6 Å². The van der Waals surface area contributed by atoms with Gasteiger partial charge >= 0.3 is 5.63 Å². The Morgan fingerprint density at radius 3 is 2.58 bits per heavy atom. The Hall–Kier alpha value is -3.28. The molecular weight excluding hydrogens is 334 g/mol. The third-order valence-corrected chi connectivity index (χ3v) is 4.14. The normalized spacial score (nSPS) is 11.8. The minimum atomic E-state index is -0.675. The number of carbonyl (C=O) groups is 1. The van der Waals surface area contributed by atoms with Crippen LogP contribution < -0.4 is 20.4 Å². The number of hydrogen-bond acceptors (Lipinski definition) is 5. The lowest BCUT2D eigenvalue weighted by Gasteiger charge is -2.18. The summed E-state index contributed by atoms with van der Waals surface area (Å²) in [6, 6.07) is 13.5. The van der Waals surface area contributed by atoms with Crippen LogP contribution in [0.4, 0.5) is 0 Å². The summed E-state index contributed by atoms with van der Waals surface area (Å²) in [5.74, 6) is 0.748. The minimum absolute atomic E-state index is 0.0441. The lowest BCUT2D eigenvalue weighted by molar-refractivity contribution is 0.0936. The lowest BCUT2D eigenvalue weighted by atomic mass is 10.1. The second kappa shape index (κ2) is 7.31. The van der Waals surface area contributed by atoms with E-state index in [-0.39, 0.29) is 5.56 Å². The topological polar surface area (TPSA) is 77.8 Å². The number of para-hydroxylation sites is 1. The fourth-order valence-electron chi connectivity index (χ4n) is 2.75. The average Bonchev–Trinajstić information content (AvgIpc) is 2.66. The van der Waals surface area contributed by atoms with Crippen LogP contribution in [0.3, 0.4) is 0 Å². The molecule has 0 saturated heterocycles. The quantitative estimate of drug-likeness (QED) is 0.712. The van der Waals surface area contributed by atoms with E-state index in [0.717, 1.165) is 5.56 Å². The van der Waals surface area contributed by atoms with E-state index in [0.29, 0.717) is 22.5 Å². The van der Waals surface area contributed by atoms with Gasteiger partial charge in [-0.1, -0.05) is 18.2 Å². The maximum atomic E-state index is 12.6. The molecule has 0 aliphatic rings. The Labute approximate surface area is 150 Å². The maximum absolute atomic E-state index is 12.6. The van der Waals surface area contributed by atoms with Crippen LogP contribution in [-0.4, -0.2) is 20.1 Å². The van der Waals surface area contributed by atoms with Crippen LogP contribution in [0.25, 0.3) is 11.0 Å². The molecule has 6 heteroatoms. The van der Waals surface area contributed by atoms with Crippen molar-refractivity contribution in [3.8, 4) is 11.5 Å². The van der Waals surface area contributed by atoms with Crippen LogP contribution in [0, 0.1) is 0 Å². The van der Waals surface area contributed by atoms with E-state index >= 15 is 0 Å². The van der Waals surface area contributed by atoms with E-state index in [1.54, 1.807) is 57.5 Å². The van der Waals surface area contributed by atoms with Gasteiger partial charge in [-0.15, -0.1) is 0 Å². The minimum Gasteiger partial charge on any atom is -0.497 e. The molecule has 2 aromatic carbocycles. The SMILES string of the molecule is COc1ccc(OC)c([C@@H](C)NC(=O)c2cc3ccccc3oc2=O)c1. The summed E-state index contributed by atoms with van der Waals surface area (Å²) in [5.41, 5.74) is 0.463. The van der Waals surface area contributed by atoms with Crippen molar-refractivity contribution in [3.05, 3.63) is 70.1 Å². The molecule has 26 heavy (non-hydrogen) atoms. The smallest absolute Gasteiger partial charge is 0.349 e. The average molecular weight is 353 g/mol. The zero-order valence-corrected chi connectivity index (χ0v) is 14.7. The number of rotatable bonds is 5. The molecule has 0 bridgehead atoms. The molecule has 3 aromatic rings. The van der Waals surface area contributed by atoms with Gasteiger partial charge in [0.15, 0.2) is 0 Å². The largest absolute Gasteiger partial charge is 0.497 e. The molecule has 0 aliphatic heterocycles. The Morgan fingerprint density at radius 2 is 1.85 bits per heavy atom. The molecule has 0 radical (unpaired) electrons. The van der Waals surface area contributed by atoms with Crippen LogP contribution in [0.1, 0.15) is 28.9 Å². The highest BCUT2D eigenvalue weighted by Crippen LogP contribution is 2.29. The summed E-state index contributed by atoms with van der Waals surface area (Å²) < 4.78 is 15.8. The van der Waals surface area contributed by atoms with Gasteiger partial charge in [-0.2, -0.15) is 0 Å². The van der Waals surface area contributed by atoms with Crippen LogP contribution in [0.2, 0.25) is 0 Å². The summed E-state index contributed by atoms with van der Waals surface area (Å²) in [5, 5.41) is 3.49. The first kappa shape index (κ1) is 17.5. The summed E-state index contributed by atoms with van der Waals surface area (Å²) in [7, 11) is 3.12. The molecule has 1 atom stereocenters. The fourth-order valence-corrected chi connectivity index (χ4v) is 2.75. The first-order chi connectivity index (χ1) is 12.5. The zero-order valence-electron chi connectivity index (χ0n) is 14.7. The molecule has 1 amide bonds. The molecule has 3 rings (SSSR count). The maximum Gasteiger partial charge on any atom is 0.349 e. The van der Waals surface area contributed by atoms with Crippen molar-refractivity contribution >= 4 is 16.9 Å². The Bertz CT molecular complexity index is 1010. The second-order valence-corrected chi connectivity index (χ2v) is 5.79. The van der Waals surface area contributed by atoms with E-state index in [4.69, 9.17) is 13.9 Å². The number of carbonyl (C=O) groups excluding carboxylic acids is 1. The van der Waals surface area contributed by atoms with Crippen molar-refractivity contribution in [1.29, 1.82) is 0 Å². The number of benzene rings is 2. The summed E-state index contributed by atoms with van der Waals surface area (Å²) in [6.07, 6.45) is 0. The van der Waals surface area contributed by atoms with Crippen LogP contribution in [0.5, 0.6) is 11.5 Å². The molecule has 0 aliphatic carbocycles. The van der Waals surface area contributed by atoms with E-state index in [2.05, 4.69) is 5.32 Å². The van der Waals surface area contributed by atoms with Crippen LogP contribution >= 0.6 is 0 Å².